The van der Waals surface area contributed by atoms with Gasteiger partial charge in [-0.2, -0.15) is 10.2 Å². The lowest BCUT2D eigenvalue weighted by molar-refractivity contribution is 0.432. The van der Waals surface area contributed by atoms with Gasteiger partial charge in [-0.1, -0.05) is 5.16 Å². The number of nitriles is 1. The van der Waals surface area contributed by atoms with E-state index in [0.717, 1.165) is 11.6 Å². The normalized spacial score (nSPS) is 10.2. The van der Waals surface area contributed by atoms with Crippen molar-refractivity contribution in [1.29, 1.82) is 5.26 Å². The molecule has 2 heterocycles. The highest BCUT2D eigenvalue weighted by Crippen LogP contribution is 2.23. The molecule has 0 aliphatic carbocycles. The van der Waals surface area contributed by atoms with E-state index >= 15 is 0 Å². The number of pyridine rings is 1. The van der Waals surface area contributed by atoms with Crippen LogP contribution in [-0.2, 0) is 0 Å². The van der Waals surface area contributed by atoms with Crippen molar-refractivity contribution >= 4 is 0 Å². The number of rotatable bonds is 2. The molecule has 20 heavy (non-hydrogen) atoms. The van der Waals surface area contributed by atoms with Crippen LogP contribution in [0.25, 0.3) is 22.8 Å². The second kappa shape index (κ2) is 4.90. The van der Waals surface area contributed by atoms with Gasteiger partial charge in [0.05, 0.1) is 11.6 Å². The van der Waals surface area contributed by atoms with Crippen LogP contribution < -0.4 is 0 Å². The third-order valence-corrected chi connectivity index (χ3v) is 2.64. The smallest absolute Gasteiger partial charge is 0.258 e. The maximum Gasteiger partial charge on any atom is 0.258 e. The van der Waals surface area contributed by atoms with Crippen LogP contribution in [0.4, 0.5) is 4.39 Å². The molecule has 0 fully saturated rings. The van der Waals surface area contributed by atoms with Gasteiger partial charge in [0.25, 0.3) is 5.89 Å². The summed E-state index contributed by atoms with van der Waals surface area (Å²) in [5.74, 6) is 0.0145. The van der Waals surface area contributed by atoms with Crippen molar-refractivity contribution in [3.05, 3.63) is 54.1 Å². The van der Waals surface area contributed by atoms with Crippen molar-refractivity contribution in [2.75, 3.05) is 0 Å². The molecule has 2 aromatic heterocycles. The number of nitrogens with zero attached hydrogens (tertiary/aromatic N) is 4. The van der Waals surface area contributed by atoms with Crippen molar-refractivity contribution < 1.29 is 8.91 Å². The first kappa shape index (κ1) is 12.0. The Bertz CT molecular complexity index is 792. The second-order valence-corrected chi connectivity index (χ2v) is 4.00. The zero-order valence-electron chi connectivity index (χ0n) is 10.1. The molecule has 0 N–H and O–H groups in total. The first-order valence-electron chi connectivity index (χ1n) is 5.71. The first-order valence-corrected chi connectivity index (χ1v) is 5.71. The molecular formula is C14H7FN4O. The van der Waals surface area contributed by atoms with Gasteiger partial charge in [-0.25, -0.2) is 4.39 Å². The molecule has 5 nitrogen and oxygen atoms in total. The fourth-order valence-corrected chi connectivity index (χ4v) is 1.74. The third kappa shape index (κ3) is 2.24. The standard InChI is InChI=1S/C14H7FN4O/c15-12-6-9(8-16)5-11(7-12)14-18-13(19-20-14)10-1-3-17-4-2-10/h1-7H. The molecule has 96 valence electrons. The van der Waals surface area contributed by atoms with Crippen molar-refractivity contribution in [3.63, 3.8) is 0 Å². The number of halogens is 1. The Morgan fingerprint density at radius 1 is 1.10 bits per heavy atom. The minimum Gasteiger partial charge on any atom is -0.334 e. The lowest BCUT2D eigenvalue weighted by atomic mass is 10.1. The van der Waals surface area contributed by atoms with Gasteiger partial charge >= 0.3 is 0 Å². The first-order chi connectivity index (χ1) is 9.76. The van der Waals surface area contributed by atoms with E-state index in [4.69, 9.17) is 9.78 Å². The Kier molecular flexibility index (Phi) is 2.94. The summed E-state index contributed by atoms with van der Waals surface area (Å²) in [4.78, 5) is 8.08. The van der Waals surface area contributed by atoms with Crippen LogP contribution in [0.5, 0.6) is 0 Å². The van der Waals surface area contributed by atoms with E-state index in [2.05, 4.69) is 15.1 Å². The van der Waals surface area contributed by atoms with Crippen molar-refractivity contribution in [3.8, 4) is 28.9 Å². The van der Waals surface area contributed by atoms with Crippen LogP contribution in [0.3, 0.4) is 0 Å². The van der Waals surface area contributed by atoms with Crippen LogP contribution in [0.2, 0.25) is 0 Å². The van der Waals surface area contributed by atoms with Gasteiger partial charge in [-0.15, -0.1) is 0 Å². The van der Waals surface area contributed by atoms with Gasteiger partial charge in [-0.3, -0.25) is 4.98 Å². The van der Waals surface area contributed by atoms with E-state index in [9.17, 15) is 4.39 Å². The molecule has 0 atom stereocenters. The molecule has 0 saturated heterocycles. The Hall–Kier alpha value is -3.07. The number of hydrogen-bond acceptors (Lipinski definition) is 5. The average Bonchev–Trinajstić information content (AvgIpc) is 2.97. The van der Waals surface area contributed by atoms with Crippen molar-refractivity contribution in [1.82, 2.24) is 15.1 Å². The van der Waals surface area contributed by atoms with Crippen LogP contribution in [-0.4, -0.2) is 15.1 Å². The number of benzene rings is 1. The van der Waals surface area contributed by atoms with E-state index in [-0.39, 0.29) is 11.5 Å². The minimum atomic E-state index is -0.525. The number of aromatic nitrogens is 3. The highest BCUT2D eigenvalue weighted by atomic mass is 19.1. The molecule has 0 spiro atoms. The number of hydrogen-bond donors (Lipinski definition) is 0. The highest BCUT2D eigenvalue weighted by Gasteiger charge is 2.12. The third-order valence-electron chi connectivity index (χ3n) is 2.64. The summed E-state index contributed by atoms with van der Waals surface area (Å²) in [7, 11) is 0. The zero-order chi connectivity index (χ0) is 13.9. The molecule has 6 heteroatoms. The molecule has 0 saturated carbocycles. The maximum atomic E-state index is 13.4. The largest absolute Gasteiger partial charge is 0.334 e. The van der Waals surface area contributed by atoms with Gasteiger partial charge in [0, 0.05) is 23.5 Å². The summed E-state index contributed by atoms with van der Waals surface area (Å²) < 4.78 is 18.5. The minimum absolute atomic E-state index is 0.160. The molecule has 0 amide bonds. The summed E-state index contributed by atoms with van der Waals surface area (Å²) in [6.07, 6.45) is 3.22. The quantitative estimate of drug-likeness (QED) is 0.712. The summed E-state index contributed by atoms with van der Waals surface area (Å²) in [5.41, 5.74) is 1.31. The topological polar surface area (TPSA) is 75.6 Å². The van der Waals surface area contributed by atoms with Gasteiger partial charge in [-0.05, 0) is 30.3 Å². The fraction of sp³-hybridized carbons (Fsp3) is 0. The van der Waals surface area contributed by atoms with Crippen LogP contribution in [0, 0.1) is 17.1 Å². The van der Waals surface area contributed by atoms with Gasteiger partial charge in [0.1, 0.15) is 5.82 Å². The Labute approximate surface area is 113 Å². The zero-order valence-corrected chi connectivity index (χ0v) is 10.1. The second-order valence-electron chi connectivity index (χ2n) is 4.00. The average molecular weight is 266 g/mol. The van der Waals surface area contributed by atoms with E-state index in [0.29, 0.717) is 11.4 Å². The summed E-state index contributed by atoms with van der Waals surface area (Å²) in [5, 5.41) is 12.7. The molecular weight excluding hydrogens is 259 g/mol. The molecule has 0 aliphatic rings. The predicted octanol–water partition coefficient (Wildman–Crippen LogP) is 2.81. The summed E-state index contributed by atoms with van der Waals surface area (Å²) in [6, 6.07) is 9.23. The van der Waals surface area contributed by atoms with E-state index < -0.39 is 5.82 Å². The van der Waals surface area contributed by atoms with Crippen LogP contribution >= 0.6 is 0 Å². The Morgan fingerprint density at radius 2 is 1.90 bits per heavy atom. The molecule has 0 radical (unpaired) electrons. The van der Waals surface area contributed by atoms with Gasteiger partial charge < -0.3 is 4.52 Å². The molecule has 0 aliphatic heterocycles. The lowest BCUT2D eigenvalue weighted by Crippen LogP contribution is -1.85. The van der Waals surface area contributed by atoms with Crippen molar-refractivity contribution in [2.45, 2.75) is 0 Å². The Morgan fingerprint density at radius 3 is 2.65 bits per heavy atom. The fourth-order valence-electron chi connectivity index (χ4n) is 1.74. The molecule has 1 aromatic carbocycles. The van der Waals surface area contributed by atoms with E-state index in [1.165, 1.54) is 12.1 Å². The van der Waals surface area contributed by atoms with Gasteiger partial charge in [0.2, 0.25) is 5.82 Å². The summed E-state index contributed by atoms with van der Waals surface area (Å²) in [6.45, 7) is 0. The SMILES string of the molecule is N#Cc1cc(F)cc(-c2nc(-c3ccncc3)no2)c1. The van der Waals surface area contributed by atoms with E-state index in [1.807, 2.05) is 6.07 Å². The van der Waals surface area contributed by atoms with Crippen LogP contribution in [0.15, 0.2) is 47.2 Å². The molecule has 0 bridgehead atoms. The monoisotopic (exact) mass is 266 g/mol. The van der Waals surface area contributed by atoms with Crippen LogP contribution in [0.1, 0.15) is 5.56 Å². The maximum absolute atomic E-state index is 13.4. The predicted molar refractivity (Wildman–Crippen MR) is 67.6 cm³/mol. The Balaban J connectivity index is 2.03. The molecule has 3 rings (SSSR count). The molecule has 3 aromatic rings. The van der Waals surface area contributed by atoms with E-state index in [1.54, 1.807) is 24.5 Å². The molecule has 0 unspecified atom stereocenters. The lowest BCUT2D eigenvalue weighted by Gasteiger charge is -1.96. The summed E-state index contributed by atoms with van der Waals surface area (Å²) >= 11 is 0. The van der Waals surface area contributed by atoms with Crippen molar-refractivity contribution in [2.24, 2.45) is 0 Å². The van der Waals surface area contributed by atoms with Gasteiger partial charge in [0.15, 0.2) is 0 Å². The highest BCUT2D eigenvalue weighted by molar-refractivity contribution is 5.60.